The molecule has 21 heavy (non-hydrogen) atoms. The fourth-order valence-corrected chi connectivity index (χ4v) is 2.17. The summed E-state index contributed by atoms with van der Waals surface area (Å²) in [5.41, 5.74) is 9.76. The van der Waals surface area contributed by atoms with Crippen molar-refractivity contribution < 1.29 is 9.47 Å². The lowest BCUT2D eigenvalue weighted by molar-refractivity contribution is 0.0672. The van der Waals surface area contributed by atoms with E-state index in [4.69, 9.17) is 15.2 Å². The van der Waals surface area contributed by atoms with Crippen LogP contribution in [0.15, 0.2) is 54.6 Å². The topological polar surface area (TPSA) is 44.5 Å². The summed E-state index contributed by atoms with van der Waals surface area (Å²) < 4.78 is 10.4. The van der Waals surface area contributed by atoms with Gasteiger partial charge in [-0.1, -0.05) is 54.6 Å². The van der Waals surface area contributed by atoms with Gasteiger partial charge in [0.1, 0.15) is 0 Å². The Labute approximate surface area is 126 Å². The highest BCUT2D eigenvalue weighted by Crippen LogP contribution is 2.22. The van der Waals surface area contributed by atoms with Gasteiger partial charge < -0.3 is 15.2 Å². The molecule has 0 saturated carbocycles. The lowest BCUT2D eigenvalue weighted by Gasteiger charge is -2.13. The van der Waals surface area contributed by atoms with E-state index in [0.717, 1.165) is 12.0 Å². The predicted molar refractivity (Wildman–Crippen MR) is 86.1 cm³/mol. The van der Waals surface area contributed by atoms with E-state index in [-0.39, 0.29) is 6.04 Å². The summed E-state index contributed by atoms with van der Waals surface area (Å²) in [6, 6.07) is 18.8. The van der Waals surface area contributed by atoms with Crippen molar-refractivity contribution in [2.45, 2.75) is 12.5 Å². The molecule has 0 heterocycles. The smallest absolute Gasteiger partial charge is 0.0700 e. The van der Waals surface area contributed by atoms with Crippen LogP contribution < -0.4 is 5.73 Å². The summed E-state index contributed by atoms with van der Waals surface area (Å²) in [6.07, 6.45) is 0.814. The van der Waals surface area contributed by atoms with E-state index in [1.54, 1.807) is 7.11 Å². The quantitative estimate of drug-likeness (QED) is 0.756. The third kappa shape index (κ3) is 4.97. The van der Waals surface area contributed by atoms with Gasteiger partial charge in [0, 0.05) is 19.8 Å². The minimum absolute atomic E-state index is 0.0115. The highest BCUT2D eigenvalue weighted by molar-refractivity contribution is 5.63. The van der Waals surface area contributed by atoms with Crippen LogP contribution in [0.25, 0.3) is 11.1 Å². The van der Waals surface area contributed by atoms with Crippen molar-refractivity contribution in [2.75, 3.05) is 26.9 Å². The molecule has 0 saturated heterocycles. The largest absolute Gasteiger partial charge is 0.382 e. The van der Waals surface area contributed by atoms with Crippen LogP contribution in [0.4, 0.5) is 0 Å². The van der Waals surface area contributed by atoms with Crippen molar-refractivity contribution in [3.63, 3.8) is 0 Å². The van der Waals surface area contributed by atoms with Crippen molar-refractivity contribution in [2.24, 2.45) is 5.73 Å². The van der Waals surface area contributed by atoms with Crippen molar-refractivity contribution in [1.82, 2.24) is 0 Å². The second-order valence-electron chi connectivity index (χ2n) is 4.99. The van der Waals surface area contributed by atoms with Crippen molar-refractivity contribution in [1.29, 1.82) is 0 Å². The lowest BCUT2D eigenvalue weighted by Crippen LogP contribution is -2.14. The van der Waals surface area contributed by atoms with Crippen LogP contribution in [-0.4, -0.2) is 26.9 Å². The van der Waals surface area contributed by atoms with Crippen molar-refractivity contribution in [3.05, 3.63) is 60.2 Å². The summed E-state index contributed by atoms with van der Waals surface area (Å²) in [6.45, 7) is 1.90. The molecule has 0 spiro atoms. The van der Waals surface area contributed by atoms with Gasteiger partial charge in [0.15, 0.2) is 0 Å². The summed E-state index contributed by atoms with van der Waals surface area (Å²) >= 11 is 0. The molecule has 1 unspecified atom stereocenters. The van der Waals surface area contributed by atoms with Gasteiger partial charge in [0.25, 0.3) is 0 Å². The molecule has 0 amide bonds. The summed E-state index contributed by atoms with van der Waals surface area (Å²) in [7, 11) is 1.67. The first kappa shape index (κ1) is 15.7. The van der Waals surface area contributed by atoms with Gasteiger partial charge in [-0.25, -0.2) is 0 Å². The highest BCUT2D eigenvalue weighted by Gasteiger charge is 2.06. The van der Waals surface area contributed by atoms with Gasteiger partial charge in [-0.05, 0) is 23.1 Å². The molecule has 1 atom stereocenters. The number of hydrogen-bond donors (Lipinski definition) is 1. The van der Waals surface area contributed by atoms with Crippen LogP contribution in [0.1, 0.15) is 18.0 Å². The van der Waals surface area contributed by atoms with E-state index >= 15 is 0 Å². The maximum absolute atomic E-state index is 6.19. The normalized spacial score (nSPS) is 12.3. The number of rotatable bonds is 8. The van der Waals surface area contributed by atoms with E-state index in [0.29, 0.717) is 19.8 Å². The molecule has 0 aliphatic rings. The molecule has 0 fully saturated rings. The van der Waals surface area contributed by atoms with Gasteiger partial charge in [-0.3, -0.25) is 0 Å². The second kappa shape index (κ2) is 8.57. The van der Waals surface area contributed by atoms with Crippen LogP contribution in [-0.2, 0) is 9.47 Å². The maximum Gasteiger partial charge on any atom is 0.0700 e. The Morgan fingerprint density at radius 1 is 0.857 bits per heavy atom. The average molecular weight is 285 g/mol. The highest BCUT2D eigenvalue weighted by atomic mass is 16.5. The van der Waals surface area contributed by atoms with Gasteiger partial charge in [0.05, 0.1) is 13.2 Å². The minimum atomic E-state index is 0.0115. The molecular weight excluding hydrogens is 262 g/mol. The molecule has 0 radical (unpaired) electrons. The standard InChI is InChI=1S/C18H23NO2/c1-20-13-14-21-12-11-18(19)17-9-7-16(8-10-17)15-5-3-2-4-6-15/h2-10,18H,11-14,19H2,1H3. The molecule has 0 aliphatic heterocycles. The first-order chi connectivity index (χ1) is 10.3. The average Bonchev–Trinajstić information content (AvgIpc) is 2.55. The molecule has 2 rings (SSSR count). The SMILES string of the molecule is COCCOCCC(N)c1ccc(-c2ccccc2)cc1. The molecular formula is C18H23NO2. The first-order valence-corrected chi connectivity index (χ1v) is 7.29. The second-order valence-corrected chi connectivity index (χ2v) is 4.99. The number of methoxy groups -OCH3 is 1. The van der Waals surface area contributed by atoms with Gasteiger partial charge in [-0.2, -0.15) is 0 Å². The van der Waals surface area contributed by atoms with E-state index in [9.17, 15) is 0 Å². The number of nitrogens with two attached hydrogens (primary N) is 1. The molecule has 2 N–H and O–H groups in total. The molecule has 3 heteroatoms. The zero-order valence-corrected chi connectivity index (χ0v) is 12.5. The number of ether oxygens (including phenoxy) is 2. The molecule has 2 aromatic carbocycles. The molecule has 0 aromatic heterocycles. The number of benzene rings is 2. The third-order valence-electron chi connectivity index (χ3n) is 3.45. The Balaban J connectivity index is 1.87. The summed E-state index contributed by atoms with van der Waals surface area (Å²) in [5.74, 6) is 0. The summed E-state index contributed by atoms with van der Waals surface area (Å²) in [4.78, 5) is 0. The monoisotopic (exact) mass is 285 g/mol. The number of hydrogen-bond acceptors (Lipinski definition) is 3. The molecule has 0 bridgehead atoms. The van der Waals surface area contributed by atoms with Crippen LogP contribution in [0.5, 0.6) is 0 Å². The third-order valence-corrected chi connectivity index (χ3v) is 3.45. The van der Waals surface area contributed by atoms with Crippen LogP contribution in [0.2, 0.25) is 0 Å². The summed E-state index contributed by atoms with van der Waals surface area (Å²) in [5, 5.41) is 0. The van der Waals surface area contributed by atoms with E-state index in [2.05, 4.69) is 36.4 Å². The van der Waals surface area contributed by atoms with Crippen LogP contribution >= 0.6 is 0 Å². The minimum Gasteiger partial charge on any atom is -0.382 e. The fourth-order valence-electron chi connectivity index (χ4n) is 2.17. The van der Waals surface area contributed by atoms with E-state index in [1.165, 1.54) is 11.1 Å². The van der Waals surface area contributed by atoms with Crippen molar-refractivity contribution >= 4 is 0 Å². The molecule has 2 aromatic rings. The Kier molecular flexibility index (Phi) is 6.41. The molecule has 3 nitrogen and oxygen atoms in total. The molecule has 0 aliphatic carbocycles. The Hall–Kier alpha value is -1.68. The Morgan fingerprint density at radius 2 is 1.52 bits per heavy atom. The maximum atomic E-state index is 6.19. The Morgan fingerprint density at radius 3 is 2.19 bits per heavy atom. The van der Waals surface area contributed by atoms with Gasteiger partial charge >= 0.3 is 0 Å². The zero-order chi connectivity index (χ0) is 14.9. The zero-order valence-electron chi connectivity index (χ0n) is 12.5. The van der Waals surface area contributed by atoms with Gasteiger partial charge in [0.2, 0.25) is 0 Å². The predicted octanol–water partition coefficient (Wildman–Crippen LogP) is 3.41. The van der Waals surface area contributed by atoms with Gasteiger partial charge in [-0.15, -0.1) is 0 Å². The first-order valence-electron chi connectivity index (χ1n) is 7.29. The fraction of sp³-hybridized carbons (Fsp3) is 0.333. The van der Waals surface area contributed by atoms with Crippen LogP contribution in [0, 0.1) is 0 Å². The van der Waals surface area contributed by atoms with Crippen molar-refractivity contribution in [3.8, 4) is 11.1 Å². The Bertz CT molecular complexity index is 511. The molecule has 112 valence electrons. The lowest BCUT2D eigenvalue weighted by atomic mass is 10.00. The van der Waals surface area contributed by atoms with E-state index < -0.39 is 0 Å². The van der Waals surface area contributed by atoms with Crippen LogP contribution in [0.3, 0.4) is 0 Å². The van der Waals surface area contributed by atoms with E-state index in [1.807, 2.05) is 18.2 Å².